The zero-order valence-electron chi connectivity index (χ0n) is 32.8. The van der Waals surface area contributed by atoms with E-state index in [1.54, 1.807) is 0 Å². The molecule has 7 aromatic carbocycles. The molecule has 0 saturated heterocycles. The predicted molar refractivity (Wildman–Crippen MR) is 247 cm³/mol. The van der Waals surface area contributed by atoms with E-state index >= 15 is 0 Å². The maximum absolute atomic E-state index is 6.20. The topological polar surface area (TPSA) is 0 Å². The first kappa shape index (κ1) is 45.3. The predicted octanol–water partition coefficient (Wildman–Crippen LogP) is 15.9. The van der Waals surface area contributed by atoms with Crippen molar-refractivity contribution in [2.75, 3.05) is 0 Å². The second-order valence-corrected chi connectivity index (χ2v) is 17.8. The first-order valence-corrected chi connectivity index (χ1v) is 20.4. The van der Waals surface area contributed by atoms with Crippen molar-refractivity contribution >= 4 is 72.8 Å². The van der Waals surface area contributed by atoms with Crippen LogP contribution < -0.4 is 0 Å². The molecular formula is C51H48Cl4Zr. The van der Waals surface area contributed by atoms with Crippen LogP contribution in [0.2, 0.25) is 10.0 Å². The molecule has 0 nitrogen and oxygen atoms in total. The number of allylic oxidation sites excluding steroid dienone is 4. The van der Waals surface area contributed by atoms with Crippen molar-refractivity contribution in [3.63, 3.8) is 0 Å². The Morgan fingerprint density at radius 2 is 0.964 bits per heavy atom. The van der Waals surface area contributed by atoms with Gasteiger partial charge in [0.25, 0.3) is 0 Å². The van der Waals surface area contributed by atoms with Gasteiger partial charge in [0.05, 0.1) is 0 Å². The Bertz CT molecular complexity index is 2260. The van der Waals surface area contributed by atoms with Crippen LogP contribution in [0, 0.1) is 6.08 Å². The zero-order chi connectivity index (χ0) is 38.5. The number of rotatable bonds is 4. The number of halogens is 4. The van der Waals surface area contributed by atoms with Gasteiger partial charge in [0.2, 0.25) is 0 Å². The molecule has 0 unspecified atom stereocenters. The second-order valence-electron chi connectivity index (χ2n) is 15.7. The summed E-state index contributed by atoms with van der Waals surface area (Å²) in [5.41, 5.74) is 10.3. The van der Waals surface area contributed by atoms with Gasteiger partial charge in [-0.05, 0) is 68.5 Å². The Morgan fingerprint density at radius 3 is 1.27 bits per heavy atom. The molecule has 5 heteroatoms. The van der Waals surface area contributed by atoms with Crippen LogP contribution in [0.1, 0.15) is 70.2 Å². The normalized spacial score (nSPS) is 11.9. The Morgan fingerprint density at radius 1 is 0.571 bits per heavy atom. The molecule has 0 aliphatic heterocycles. The van der Waals surface area contributed by atoms with Crippen molar-refractivity contribution < 1.29 is 24.2 Å². The molecule has 0 fully saturated rings. The van der Waals surface area contributed by atoms with Gasteiger partial charge in [0.15, 0.2) is 0 Å². The van der Waals surface area contributed by atoms with E-state index in [4.69, 9.17) is 23.2 Å². The van der Waals surface area contributed by atoms with Crippen LogP contribution >= 0.6 is 48.0 Å². The van der Waals surface area contributed by atoms with Crippen LogP contribution in [0.25, 0.3) is 43.8 Å². The summed E-state index contributed by atoms with van der Waals surface area (Å²) in [5, 5.41) is 6.69. The van der Waals surface area contributed by atoms with Gasteiger partial charge in [-0.1, -0.05) is 101 Å². The summed E-state index contributed by atoms with van der Waals surface area (Å²) in [7, 11) is 0. The van der Waals surface area contributed by atoms with E-state index in [9.17, 15) is 0 Å². The third kappa shape index (κ3) is 11.2. The van der Waals surface area contributed by atoms with Crippen LogP contribution in [0.15, 0.2) is 158 Å². The van der Waals surface area contributed by atoms with Crippen molar-refractivity contribution in [2.45, 2.75) is 58.8 Å². The van der Waals surface area contributed by atoms with Gasteiger partial charge in [-0.2, -0.15) is 6.08 Å². The molecule has 8 rings (SSSR count). The van der Waals surface area contributed by atoms with E-state index in [0.29, 0.717) is 0 Å². The van der Waals surface area contributed by atoms with E-state index < -0.39 is 0 Å². The SMILES string of the molecule is CC(C)(C)c1cc2c(cc1-c1ccc(Cl)cc1)[cH-]c1cc(-c3ccc(Cl)cc3)c(C(C)(C)C)cc12.Cl.Cl.[C-]1=CC=CC1.[Zr+2]=[C](c1ccccc1)c1ccccc1. The molecule has 284 valence electrons. The average Bonchev–Trinajstić information content (AvgIpc) is 3.86. The van der Waals surface area contributed by atoms with Gasteiger partial charge in [-0.25, -0.2) is 12.2 Å². The van der Waals surface area contributed by atoms with Crippen LogP contribution in [-0.2, 0) is 35.1 Å². The fourth-order valence-electron chi connectivity index (χ4n) is 6.80. The van der Waals surface area contributed by atoms with Gasteiger partial charge >= 0.3 is 99.2 Å². The molecule has 56 heavy (non-hydrogen) atoms. The van der Waals surface area contributed by atoms with E-state index in [-0.39, 0.29) is 35.6 Å². The number of fused-ring (bicyclic) bond motifs is 3. The molecule has 0 aromatic heterocycles. The van der Waals surface area contributed by atoms with Gasteiger partial charge in [0, 0.05) is 10.0 Å². The Balaban J connectivity index is 0.000000273. The van der Waals surface area contributed by atoms with Gasteiger partial charge in [-0.3, -0.25) is 6.08 Å². The maximum atomic E-state index is 6.20. The summed E-state index contributed by atoms with van der Waals surface area (Å²) < 4.78 is 1.42. The molecule has 7 aromatic rings. The van der Waals surface area contributed by atoms with Crippen molar-refractivity contribution in [1.29, 1.82) is 0 Å². The van der Waals surface area contributed by atoms with E-state index in [2.05, 4.69) is 169 Å². The molecule has 0 saturated carbocycles. The Labute approximate surface area is 371 Å². The van der Waals surface area contributed by atoms with Crippen LogP contribution in [0.3, 0.4) is 0 Å². The summed E-state index contributed by atoms with van der Waals surface area (Å²) >= 11 is 13.9. The summed E-state index contributed by atoms with van der Waals surface area (Å²) in [4.78, 5) is 0. The summed E-state index contributed by atoms with van der Waals surface area (Å²) in [6, 6.07) is 49.4. The molecule has 1 aliphatic rings. The fourth-order valence-corrected chi connectivity index (χ4v) is 7.87. The van der Waals surface area contributed by atoms with Crippen molar-refractivity contribution in [3.8, 4) is 22.3 Å². The molecular weight excluding hydrogens is 846 g/mol. The van der Waals surface area contributed by atoms with Crippen LogP contribution in [0.4, 0.5) is 0 Å². The second kappa shape index (κ2) is 19.8. The summed E-state index contributed by atoms with van der Waals surface area (Å²) in [6.45, 7) is 13.7. The van der Waals surface area contributed by atoms with Crippen LogP contribution in [-0.4, -0.2) is 3.21 Å². The average molecular weight is 894 g/mol. The third-order valence-electron chi connectivity index (χ3n) is 9.62. The van der Waals surface area contributed by atoms with Crippen molar-refractivity contribution in [2.24, 2.45) is 0 Å². The Hall–Kier alpha value is -3.42. The Kier molecular flexibility index (Phi) is 16.0. The molecule has 0 atom stereocenters. The van der Waals surface area contributed by atoms with E-state index in [1.165, 1.54) is 93.5 Å². The summed E-state index contributed by atoms with van der Waals surface area (Å²) in [5.74, 6) is 0. The minimum atomic E-state index is 0. The van der Waals surface area contributed by atoms with Gasteiger partial charge in [0.1, 0.15) is 0 Å². The number of hydrogen-bond acceptors (Lipinski definition) is 0. The first-order chi connectivity index (χ1) is 25.8. The third-order valence-corrected chi connectivity index (χ3v) is 11.5. The zero-order valence-corrected chi connectivity index (χ0v) is 38.4. The summed E-state index contributed by atoms with van der Waals surface area (Å²) in [6.07, 6.45) is 10.0. The molecule has 0 heterocycles. The molecule has 0 spiro atoms. The molecule has 0 amide bonds. The van der Waals surface area contributed by atoms with Crippen molar-refractivity contribution in [1.82, 2.24) is 0 Å². The quantitative estimate of drug-likeness (QED) is 0.154. The number of benzene rings is 6. The molecule has 0 bridgehead atoms. The minimum absolute atomic E-state index is 0. The first-order valence-electron chi connectivity index (χ1n) is 18.4. The standard InChI is InChI=1S/C33H31Cl2.C13H10.C5H5.2ClH.Zr/c1-32(2,3)30-18-26-22(16-28(30)20-7-11-24(34)12-8-20)15-23-17-29(21-9-13-25(35)14-10-21)31(19-27(23)26)33(4,5)6;1-3-7-12(8-4-1)11-13-9-5-2-6-10-13;1-2-4-5-3-1;;;/h7-19H,1-6H3;1-10H;1-3H,4H2;2*1H;/q-1;;-1;;;+2. The fraction of sp³-hybridized carbons (Fsp3) is 0.176. The molecule has 1 aliphatic carbocycles. The molecule has 0 N–H and O–H groups in total. The van der Waals surface area contributed by atoms with Gasteiger partial charge < -0.3 is 0 Å². The van der Waals surface area contributed by atoms with Crippen LogP contribution in [0.5, 0.6) is 0 Å². The van der Waals surface area contributed by atoms with E-state index in [0.717, 1.165) is 16.5 Å². The number of hydrogen-bond donors (Lipinski definition) is 0. The van der Waals surface area contributed by atoms with Gasteiger partial charge in [-0.15, -0.1) is 71.0 Å². The monoisotopic (exact) mass is 890 g/mol. The van der Waals surface area contributed by atoms with E-state index in [1.807, 2.05) is 36.4 Å². The van der Waals surface area contributed by atoms with Crippen molar-refractivity contribution in [3.05, 3.63) is 196 Å². The molecule has 0 radical (unpaired) electrons.